The van der Waals surface area contributed by atoms with Gasteiger partial charge in [-0.2, -0.15) is 0 Å². The van der Waals surface area contributed by atoms with E-state index < -0.39 is 0 Å². The monoisotopic (exact) mass is 535 g/mol. The van der Waals surface area contributed by atoms with Gasteiger partial charge in [0, 0.05) is 44.5 Å². The molecule has 0 amide bonds. The number of para-hydroxylation sites is 1. The molecule has 4 heteroatoms. The van der Waals surface area contributed by atoms with Crippen molar-refractivity contribution in [1.82, 2.24) is 14.0 Å². The van der Waals surface area contributed by atoms with E-state index in [1.54, 1.807) is 0 Å². The first-order valence-corrected chi connectivity index (χ1v) is 14.9. The largest absolute Gasteiger partial charge is 0.309 e. The number of imidazole rings is 1. The molecule has 4 aromatic carbocycles. The smallest absolute Gasteiger partial charge is 0.145 e. The Labute approximate surface area is 236 Å². The minimum Gasteiger partial charge on any atom is -0.309 e. The highest BCUT2D eigenvalue weighted by Crippen LogP contribution is 2.41. The molecule has 40 heavy (non-hydrogen) atoms. The number of pyridine rings is 1. The molecule has 0 saturated heterocycles. The van der Waals surface area contributed by atoms with Crippen LogP contribution >= 0.6 is 11.3 Å². The van der Waals surface area contributed by atoms with Gasteiger partial charge < -0.3 is 4.57 Å². The molecule has 8 aromatic rings. The number of aromatic nitrogens is 3. The Balaban J connectivity index is 1.30. The maximum absolute atomic E-state index is 4.67. The van der Waals surface area contributed by atoms with Crippen molar-refractivity contribution in [2.45, 2.75) is 26.7 Å². The molecule has 3 nitrogen and oxygen atoms in total. The first-order chi connectivity index (χ1) is 19.7. The number of fused-ring (bicyclic) bond motifs is 9. The Bertz CT molecular complexity index is 2190. The molecule has 0 radical (unpaired) electrons. The summed E-state index contributed by atoms with van der Waals surface area (Å²) in [6.07, 6.45) is 6.31. The highest BCUT2D eigenvalue weighted by atomic mass is 32.1. The fourth-order valence-electron chi connectivity index (χ4n) is 6.20. The average Bonchev–Trinajstić information content (AvgIpc) is 3.73. The van der Waals surface area contributed by atoms with Crippen molar-refractivity contribution in [1.29, 1.82) is 0 Å². The van der Waals surface area contributed by atoms with Crippen molar-refractivity contribution in [3.63, 3.8) is 0 Å². The van der Waals surface area contributed by atoms with Crippen LogP contribution in [0.3, 0.4) is 0 Å². The molecule has 1 unspecified atom stereocenters. The van der Waals surface area contributed by atoms with E-state index >= 15 is 0 Å². The summed E-state index contributed by atoms with van der Waals surface area (Å²) in [5.41, 5.74) is 8.58. The molecule has 0 saturated carbocycles. The van der Waals surface area contributed by atoms with Crippen molar-refractivity contribution in [3.8, 4) is 16.1 Å². The summed E-state index contributed by atoms with van der Waals surface area (Å²) in [6, 6.07) is 35.9. The van der Waals surface area contributed by atoms with Crippen molar-refractivity contribution < 1.29 is 0 Å². The highest BCUT2D eigenvalue weighted by Gasteiger charge is 2.16. The Morgan fingerprint density at radius 1 is 0.750 bits per heavy atom. The molecule has 0 N–H and O–H groups in total. The van der Waals surface area contributed by atoms with E-state index in [-0.39, 0.29) is 0 Å². The normalized spacial score (nSPS) is 12.8. The van der Waals surface area contributed by atoms with E-state index in [0.717, 1.165) is 12.1 Å². The molecule has 0 bridgehead atoms. The molecule has 8 rings (SSSR count). The van der Waals surface area contributed by atoms with Crippen LogP contribution in [-0.4, -0.2) is 14.0 Å². The zero-order chi connectivity index (χ0) is 26.8. The predicted molar refractivity (Wildman–Crippen MR) is 171 cm³/mol. The maximum Gasteiger partial charge on any atom is 0.145 e. The molecule has 0 aliphatic heterocycles. The van der Waals surface area contributed by atoms with E-state index in [4.69, 9.17) is 0 Å². The third-order valence-corrected chi connectivity index (χ3v) is 9.66. The highest BCUT2D eigenvalue weighted by molar-refractivity contribution is 7.23. The van der Waals surface area contributed by atoms with E-state index in [9.17, 15) is 0 Å². The van der Waals surface area contributed by atoms with Crippen molar-refractivity contribution in [2.75, 3.05) is 0 Å². The fraction of sp³-hybridized carbons (Fsp3) is 0.139. The molecule has 0 fully saturated rings. The van der Waals surface area contributed by atoms with Gasteiger partial charge in [0.25, 0.3) is 0 Å². The van der Waals surface area contributed by atoms with Crippen LogP contribution in [0.1, 0.15) is 25.8 Å². The van der Waals surface area contributed by atoms with Crippen molar-refractivity contribution >= 4 is 59.8 Å². The second kappa shape index (κ2) is 9.07. The third kappa shape index (κ3) is 3.53. The molecule has 1 atom stereocenters. The standard InChI is InChI=1S/C36H29N3S/c1-3-23(2)20-24-12-15-26(16-13-24)39-31-11-7-6-8-27(31)30-21-25(14-17-32(30)39)34-22-33-35(40-34)28-9-4-5-10-29(28)36-37-18-19-38(33)36/h4-19,21-23H,3,20H2,1-2H3. The molecular weight excluding hydrogens is 506 g/mol. The number of nitrogens with zero attached hydrogens (tertiary/aromatic N) is 3. The average molecular weight is 536 g/mol. The molecule has 0 aliphatic carbocycles. The SMILES string of the molecule is CCC(C)Cc1ccc(-n2c3ccccc3c3cc(-c4cc5c(s4)c4ccccc4c4nccn54)ccc32)cc1. The summed E-state index contributed by atoms with van der Waals surface area (Å²) in [6.45, 7) is 4.60. The number of hydrogen-bond acceptors (Lipinski definition) is 2. The second-order valence-corrected chi connectivity index (χ2v) is 12.0. The topological polar surface area (TPSA) is 22.2 Å². The van der Waals surface area contributed by atoms with Gasteiger partial charge in [0.15, 0.2) is 0 Å². The van der Waals surface area contributed by atoms with Gasteiger partial charge in [-0.05, 0) is 59.9 Å². The van der Waals surface area contributed by atoms with Crippen LogP contribution in [-0.2, 0) is 6.42 Å². The minimum atomic E-state index is 0.703. The van der Waals surface area contributed by atoms with Gasteiger partial charge in [-0.25, -0.2) is 4.98 Å². The van der Waals surface area contributed by atoms with Crippen LogP contribution in [0.25, 0.3) is 64.6 Å². The Kier molecular flexibility index (Phi) is 5.32. The minimum absolute atomic E-state index is 0.703. The Hall–Kier alpha value is -4.41. The summed E-state index contributed by atoms with van der Waals surface area (Å²) < 4.78 is 5.94. The Morgan fingerprint density at radius 3 is 2.33 bits per heavy atom. The Morgan fingerprint density at radius 2 is 1.50 bits per heavy atom. The van der Waals surface area contributed by atoms with Crippen LogP contribution in [0.4, 0.5) is 0 Å². The molecule has 4 aromatic heterocycles. The van der Waals surface area contributed by atoms with Crippen LogP contribution in [0, 0.1) is 5.92 Å². The number of benzene rings is 4. The van der Waals surface area contributed by atoms with Crippen molar-refractivity contribution in [2.24, 2.45) is 5.92 Å². The lowest BCUT2D eigenvalue weighted by molar-refractivity contribution is 0.560. The number of thiophene rings is 1. The van der Waals surface area contributed by atoms with Crippen molar-refractivity contribution in [3.05, 3.63) is 115 Å². The predicted octanol–water partition coefficient (Wildman–Crippen LogP) is 10.1. The van der Waals surface area contributed by atoms with Gasteiger partial charge in [0.2, 0.25) is 0 Å². The quantitative estimate of drug-likeness (QED) is 0.215. The van der Waals surface area contributed by atoms with Gasteiger partial charge >= 0.3 is 0 Å². The maximum atomic E-state index is 4.67. The first kappa shape index (κ1) is 23.5. The molecule has 4 heterocycles. The van der Waals surface area contributed by atoms with Crippen LogP contribution in [0.5, 0.6) is 0 Å². The fourth-order valence-corrected chi connectivity index (χ4v) is 7.39. The van der Waals surface area contributed by atoms with Gasteiger partial charge in [0.05, 0.1) is 21.3 Å². The van der Waals surface area contributed by atoms with E-state index in [1.165, 1.54) is 70.9 Å². The molecule has 0 aliphatic rings. The zero-order valence-electron chi connectivity index (χ0n) is 22.6. The van der Waals surface area contributed by atoms with Gasteiger partial charge in [-0.3, -0.25) is 4.40 Å². The van der Waals surface area contributed by atoms with Gasteiger partial charge in [-0.15, -0.1) is 11.3 Å². The van der Waals surface area contributed by atoms with Crippen LogP contribution in [0.15, 0.2) is 109 Å². The number of hydrogen-bond donors (Lipinski definition) is 0. The zero-order valence-corrected chi connectivity index (χ0v) is 23.5. The summed E-state index contributed by atoms with van der Waals surface area (Å²) in [5.74, 6) is 0.703. The lowest BCUT2D eigenvalue weighted by Crippen LogP contribution is -1.99. The molecular formula is C36H29N3S. The van der Waals surface area contributed by atoms with E-state index in [1.807, 2.05) is 17.5 Å². The van der Waals surface area contributed by atoms with E-state index in [0.29, 0.717) is 5.92 Å². The number of rotatable bonds is 5. The summed E-state index contributed by atoms with van der Waals surface area (Å²) in [4.78, 5) is 5.95. The first-order valence-electron chi connectivity index (χ1n) is 14.1. The summed E-state index contributed by atoms with van der Waals surface area (Å²) in [5, 5.41) is 5.03. The van der Waals surface area contributed by atoms with Gasteiger partial charge in [-0.1, -0.05) is 80.9 Å². The molecule has 0 spiro atoms. The lowest BCUT2D eigenvalue weighted by Gasteiger charge is -2.11. The van der Waals surface area contributed by atoms with Gasteiger partial charge in [0.1, 0.15) is 5.65 Å². The molecule has 194 valence electrons. The second-order valence-electron chi connectivity index (χ2n) is 11.0. The summed E-state index contributed by atoms with van der Waals surface area (Å²) in [7, 11) is 0. The van der Waals surface area contributed by atoms with Crippen LogP contribution < -0.4 is 0 Å². The van der Waals surface area contributed by atoms with E-state index in [2.05, 4.69) is 131 Å². The summed E-state index contributed by atoms with van der Waals surface area (Å²) >= 11 is 1.87. The third-order valence-electron chi connectivity index (χ3n) is 8.46. The lowest BCUT2D eigenvalue weighted by atomic mass is 9.99. The van der Waals surface area contributed by atoms with Crippen LogP contribution in [0.2, 0.25) is 0 Å².